The molecule has 8 nitrogen and oxygen atoms in total. The van der Waals surface area contributed by atoms with Gasteiger partial charge in [0.25, 0.3) is 0 Å². The van der Waals surface area contributed by atoms with Crippen LogP contribution in [0.25, 0.3) is 0 Å². The fourth-order valence-corrected chi connectivity index (χ4v) is 2.05. The summed E-state index contributed by atoms with van der Waals surface area (Å²) in [4.78, 5) is 35.7. The largest absolute Gasteiger partial charge is 0.480 e. The number of hydrogen-bond acceptors (Lipinski definition) is 5. The van der Waals surface area contributed by atoms with Crippen molar-refractivity contribution in [2.45, 2.75) is 58.4 Å². The second-order valence-electron chi connectivity index (χ2n) is 7.87. The number of hydrogen-bond donors (Lipinski definition) is 3. The Morgan fingerprint density at radius 2 is 1.76 bits per heavy atom. The lowest BCUT2D eigenvalue weighted by Crippen LogP contribution is -2.59. The van der Waals surface area contributed by atoms with Gasteiger partial charge in [-0.3, -0.25) is 4.79 Å². The number of aliphatic carboxylic acids is 1. The Bertz CT molecular complexity index is 762. The molecule has 1 unspecified atom stereocenters. The first-order valence-electron chi connectivity index (χ1n) is 8.78. The highest BCUT2D eigenvalue weighted by Crippen LogP contribution is 2.12. The number of carboxylic acids is 1. The number of carbonyl (C=O) groups is 3. The van der Waals surface area contributed by atoms with Gasteiger partial charge in [0.05, 0.1) is 13.2 Å². The van der Waals surface area contributed by atoms with Gasteiger partial charge < -0.3 is 25.2 Å². The molecule has 0 aliphatic heterocycles. The monoisotopic (exact) mass is 416 g/mol. The van der Waals surface area contributed by atoms with Crippen LogP contribution >= 0.6 is 0 Å². The number of ether oxygens (including phenoxy) is 2. The van der Waals surface area contributed by atoms with Gasteiger partial charge in [0.2, 0.25) is 5.91 Å². The van der Waals surface area contributed by atoms with Crippen molar-refractivity contribution in [1.82, 2.24) is 10.6 Å². The van der Waals surface area contributed by atoms with E-state index in [1.165, 1.54) is 19.9 Å². The van der Waals surface area contributed by atoms with Gasteiger partial charge in [0.1, 0.15) is 22.8 Å². The maximum absolute atomic E-state index is 13.6. The van der Waals surface area contributed by atoms with Crippen LogP contribution in [0, 0.1) is 11.6 Å². The van der Waals surface area contributed by atoms with Crippen LogP contribution in [0.15, 0.2) is 18.2 Å². The van der Waals surface area contributed by atoms with Crippen molar-refractivity contribution in [3.63, 3.8) is 0 Å². The second-order valence-corrected chi connectivity index (χ2v) is 7.87. The number of carboxylic acid groups (broad SMARTS) is 1. The molecule has 29 heavy (non-hydrogen) atoms. The maximum Gasteiger partial charge on any atom is 0.408 e. The maximum atomic E-state index is 13.6. The Hall–Kier alpha value is -2.75. The van der Waals surface area contributed by atoms with E-state index in [-0.39, 0.29) is 12.2 Å². The molecule has 0 aliphatic carbocycles. The van der Waals surface area contributed by atoms with E-state index in [1.807, 2.05) is 0 Å². The van der Waals surface area contributed by atoms with Crippen LogP contribution in [-0.2, 0) is 25.7 Å². The summed E-state index contributed by atoms with van der Waals surface area (Å²) in [7, 11) is 0. The first-order valence-corrected chi connectivity index (χ1v) is 8.78. The predicted octanol–water partition coefficient (Wildman–Crippen LogP) is 2.35. The van der Waals surface area contributed by atoms with E-state index < -0.39 is 53.4 Å². The number of amides is 2. The second kappa shape index (κ2) is 9.64. The third-order valence-electron chi connectivity index (χ3n) is 3.54. The molecule has 0 heterocycles. The van der Waals surface area contributed by atoms with Crippen LogP contribution < -0.4 is 10.6 Å². The average Bonchev–Trinajstić information content (AvgIpc) is 2.52. The minimum absolute atomic E-state index is 0.0359. The first kappa shape index (κ1) is 24.3. The van der Waals surface area contributed by atoms with E-state index in [2.05, 4.69) is 10.6 Å². The molecule has 0 aliphatic rings. The first-order chi connectivity index (χ1) is 13.2. The molecule has 10 heteroatoms. The fourth-order valence-electron chi connectivity index (χ4n) is 2.05. The van der Waals surface area contributed by atoms with Crippen molar-refractivity contribution in [3.8, 4) is 0 Å². The molecule has 162 valence electrons. The van der Waals surface area contributed by atoms with Gasteiger partial charge in [-0.05, 0) is 40.7 Å². The van der Waals surface area contributed by atoms with Gasteiger partial charge >= 0.3 is 12.1 Å². The number of nitrogens with one attached hydrogen (secondary N) is 2. The Morgan fingerprint density at radius 1 is 1.14 bits per heavy atom. The van der Waals surface area contributed by atoms with E-state index in [0.29, 0.717) is 6.07 Å². The molecular weight excluding hydrogens is 390 g/mol. The summed E-state index contributed by atoms with van der Waals surface area (Å²) in [6.45, 7) is 6.93. The molecule has 1 aromatic carbocycles. The van der Waals surface area contributed by atoms with Crippen LogP contribution in [0.2, 0.25) is 0 Å². The Kier molecular flexibility index (Phi) is 8.07. The molecule has 1 rings (SSSR count). The quantitative estimate of drug-likeness (QED) is 0.600. The highest BCUT2D eigenvalue weighted by molar-refractivity contribution is 5.92. The molecule has 0 saturated carbocycles. The summed E-state index contributed by atoms with van der Waals surface area (Å²) >= 11 is 0. The molecular formula is C19H26F2N2O6. The number of rotatable bonds is 8. The predicted molar refractivity (Wildman–Crippen MR) is 99.0 cm³/mol. The van der Waals surface area contributed by atoms with Gasteiger partial charge in [0.15, 0.2) is 6.04 Å². The van der Waals surface area contributed by atoms with E-state index >= 15 is 0 Å². The van der Waals surface area contributed by atoms with Crippen molar-refractivity contribution >= 4 is 18.0 Å². The summed E-state index contributed by atoms with van der Waals surface area (Å²) in [5.41, 5.74) is -2.21. The van der Waals surface area contributed by atoms with Crippen molar-refractivity contribution in [3.05, 3.63) is 35.4 Å². The molecule has 0 fully saturated rings. The lowest BCUT2D eigenvalue weighted by atomic mass is 10.0. The molecule has 2 amide bonds. The standard InChI is InChI=1S/C19H26F2N2O6/c1-18(2,3)29-17(27)23-19(4,5)16(26)22-14(15(24)25)10-28-9-11-6-7-12(20)8-13(11)21/h6-8,14H,9-10H2,1-5H3,(H,22,26)(H,23,27)(H,24,25). The van der Waals surface area contributed by atoms with Crippen molar-refractivity contribution < 1.29 is 37.7 Å². The zero-order valence-corrected chi connectivity index (χ0v) is 17.0. The minimum atomic E-state index is -1.47. The van der Waals surface area contributed by atoms with Crippen LogP contribution in [0.1, 0.15) is 40.2 Å². The lowest BCUT2D eigenvalue weighted by molar-refractivity contribution is -0.144. The smallest absolute Gasteiger partial charge is 0.408 e. The number of benzene rings is 1. The molecule has 3 N–H and O–H groups in total. The van der Waals surface area contributed by atoms with Crippen molar-refractivity contribution in [1.29, 1.82) is 0 Å². The van der Waals surface area contributed by atoms with Crippen LogP contribution in [-0.4, -0.2) is 46.9 Å². The zero-order chi connectivity index (χ0) is 22.4. The van der Waals surface area contributed by atoms with Crippen LogP contribution in [0.5, 0.6) is 0 Å². The Morgan fingerprint density at radius 3 is 2.28 bits per heavy atom. The van der Waals surface area contributed by atoms with Gasteiger partial charge in [-0.15, -0.1) is 0 Å². The third-order valence-corrected chi connectivity index (χ3v) is 3.54. The minimum Gasteiger partial charge on any atom is -0.480 e. The molecule has 0 saturated heterocycles. The van der Waals surface area contributed by atoms with Crippen LogP contribution in [0.3, 0.4) is 0 Å². The van der Waals surface area contributed by atoms with Crippen molar-refractivity contribution in [2.24, 2.45) is 0 Å². The highest BCUT2D eigenvalue weighted by Gasteiger charge is 2.34. The SMILES string of the molecule is CC(C)(C)OC(=O)NC(C)(C)C(=O)NC(COCc1ccc(F)cc1F)C(=O)O. The van der Waals surface area contributed by atoms with Gasteiger partial charge in [-0.2, -0.15) is 0 Å². The lowest BCUT2D eigenvalue weighted by Gasteiger charge is -2.28. The van der Waals surface area contributed by atoms with Crippen molar-refractivity contribution in [2.75, 3.05) is 6.61 Å². The summed E-state index contributed by atoms with van der Waals surface area (Å²) in [6.07, 6.45) is -0.840. The number of alkyl carbamates (subject to hydrolysis) is 1. The zero-order valence-electron chi connectivity index (χ0n) is 17.0. The van der Waals surface area contributed by atoms with Gasteiger partial charge in [-0.1, -0.05) is 6.07 Å². The summed E-state index contributed by atoms with van der Waals surface area (Å²) in [5, 5.41) is 13.9. The Labute approximate surface area is 167 Å². The fraction of sp³-hybridized carbons (Fsp3) is 0.526. The molecule has 0 bridgehead atoms. The number of halogens is 2. The molecule has 1 aromatic rings. The molecule has 0 radical (unpaired) electrons. The van der Waals surface area contributed by atoms with E-state index in [4.69, 9.17) is 9.47 Å². The number of carbonyl (C=O) groups excluding carboxylic acids is 2. The normalized spacial score (nSPS) is 12.8. The van der Waals surface area contributed by atoms with Gasteiger partial charge in [0, 0.05) is 11.6 Å². The average molecular weight is 416 g/mol. The van der Waals surface area contributed by atoms with E-state index in [1.54, 1.807) is 20.8 Å². The molecule has 0 aromatic heterocycles. The Balaban J connectivity index is 2.66. The van der Waals surface area contributed by atoms with Gasteiger partial charge in [-0.25, -0.2) is 18.4 Å². The summed E-state index contributed by atoms with van der Waals surface area (Å²) in [5.74, 6) is -3.75. The van der Waals surface area contributed by atoms with E-state index in [0.717, 1.165) is 6.07 Å². The summed E-state index contributed by atoms with van der Waals surface area (Å²) < 4.78 is 36.7. The third kappa shape index (κ3) is 8.43. The molecule has 0 spiro atoms. The molecule has 1 atom stereocenters. The van der Waals surface area contributed by atoms with E-state index in [9.17, 15) is 28.3 Å². The summed E-state index contributed by atoms with van der Waals surface area (Å²) in [6, 6.07) is 1.45. The topological polar surface area (TPSA) is 114 Å². The highest BCUT2D eigenvalue weighted by atomic mass is 19.1. The van der Waals surface area contributed by atoms with Crippen LogP contribution in [0.4, 0.5) is 13.6 Å².